The Labute approximate surface area is 87.5 Å². The normalized spacial score (nSPS) is 10.7. The van der Waals surface area contributed by atoms with Crippen LogP contribution in [0.3, 0.4) is 0 Å². The fourth-order valence-corrected chi connectivity index (χ4v) is 1.93. The van der Waals surface area contributed by atoms with Crippen molar-refractivity contribution in [1.29, 1.82) is 0 Å². The summed E-state index contributed by atoms with van der Waals surface area (Å²) in [7, 11) is -3.42. The van der Waals surface area contributed by atoms with E-state index in [1.165, 1.54) is 18.2 Å². The van der Waals surface area contributed by atoms with E-state index in [1.54, 1.807) is 0 Å². The van der Waals surface area contributed by atoms with Gasteiger partial charge in [-0.15, -0.1) is 6.42 Å². The second kappa shape index (κ2) is 3.75. The molecule has 78 valence electrons. The van der Waals surface area contributed by atoms with Crippen molar-refractivity contribution in [2.75, 3.05) is 6.26 Å². The zero-order valence-electron chi connectivity index (χ0n) is 7.89. The molecule has 1 rings (SSSR count). The highest BCUT2D eigenvalue weighted by Gasteiger charge is 2.14. The van der Waals surface area contributed by atoms with Crippen molar-refractivity contribution in [2.45, 2.75) is 4.90 Å². The highest BCUT2D eigenvalue weighted by atomic mass is 32.2. The number of carboxylic acids is 1. The van der Waals surface area contributed by atoms with E-state index >= 15 is 0 Å². The van der Waals surface area contributed by atoms with Crippen LogP contribution in [0.25, 0.3) is 0 Å². The molecule has 0 amide bonds. The molecule has 0 aliphatic heterocycles. The van der Waals surface area contributed by atoms with E-state index in [-0.39, 0.29) is 16.0 Å². The molecular formula is C10H8O4S. The molecule has 0 radical (unpaired) electrons. The molecule has 0 atom stereocenters. The molecule has 0 aliphatic rings. The molecule has 0 spiro atoms. The Morgan fingerprint density at radius 3 is 2.47 bits per heavy atom. The summed E-state index contributed by atoms with van der Waals surface area (Å²) >= 11 is 0. The lowest BCUT2D eigenvalue weighted by molar-refractivity contribution is 0.0696. The lowest BCUT2D eigenvalue weighted by Crippen LogP contribution is -2.03. The molecule has 0 aliphatic carbocycles. The predicted octanol–water partition coefficient (Wildman–Crippen LogP) is 0.770. The molecule has 15 heavy (non-hydrogen) atoms. The maximum atomic E-state index is 11.3. The van der Waals surface area contributed by atoms with Crippen LogP contribution in [0.4, 0.5) is 0 Å². The summed E-state index contributed by atoms with van der Waals surface area (Å²) in [6, 6.07) is 3.58. The van der Waals surface area contributed by atoms with Crippen LogP contribution in [0, 0.1) is 12.3 Å². The molecule has 1 N–H and O–H groups in total. The number of carboxylic acid groups (broad SMARTS) is 1. The summed E-state index contributed by atoms with van der Waals surface area (Å²) in [5, 5.41) is 8.68. The average Bonchev–Trinajstić information content (AvgIpc) is 2.15. The maximum Gasteiger partial charge on any atom is 0.335 e. The lowest BCUT2D eigenvalue weighted by Gasteiger charge is -2.03. The zero-order chi connectivity index (χ0) is 11.6. The Kier molecular flexibility index (Phi) is 2.82. The Balaban J connectivity index is 3.49. The van der Waals surface area contributed by atoms with Crippen LogP contribution in [0.5, 0.6) is 0 Å². The van der Waals surface area contributed by atoms with Crippen molar-refractivity contribution >= 4 is 15.8 Å². The Hall–Kier alpha value is -1.80. The highest BCUT2D eigenvalue weighted by molar-refractivity contribution is 7.90. The van der Waals surface area contributed by atoms with Crippen molar-refractivity contribution in [3.63, 3.8) is 0 Å². The third kappa shape index (κ3) is 2.36. The standard InChI is InChI=1S/C10H8O4S/c1-3-7-6-8(10(11)12)4-5-9(7)15(2,13)14/h1,4-6H,2H3,(H,11,12). The Morgan fingerprint density at radius 2 is 2.07 bits per heavy atom. The van der Waals surface area contributed by atoms with Crippen molar-refractivity contribution in [1.82, 2.24) is 0 Å². The van der Waals surface area contributed by atoms with Gasteiger partial charge < -0.3 is 5.11 Å². The molecule has 0 aromatic heterocycles. The van der Waals surface area contributed by atoms with Crippen LogP contribution >= 0.6 is 0 Å². The van der Waals surface area contributed by atoms with Crippen molar-refractivity contribution < 1.29 is 18.3 Å². The van der Waals surface area contributed by atoms with E-state index in [4.69, 9.17) is 11.5 Å². The van der Waals surface area contributed by atoms with Gasteiger partial charge in [0.2, 0.25) is 0 Å². The Morgan fingerprint density at radius 1 is 1.47 bits per heavy atom. The highest BCUT2D eigenvalue weighted by Crippen LogP contribution is 2.16. The molecular weight excluding hydrogens is 216 g/mol. The lowest BCUT2D eigenvalue weighted by atomic mass is 10.1. The van der Waals surface area contributed by atoms with Crippen LogP contribution in [0.15, 0.2) is 23.1 Å². The van der Waals surface area contributed by atoms with Crippen LogP contribution in [0.1, 0.15) is 15.9 Å². The molecule has 0 fully saturated rings. The number of terminal acetylenes is 1. The van der Waals surface area contributed by atoms with E-state index in [0.717, 1.165) is 6.26 Å². The number of hydrogen-bond donors (Lipinski definition) is 1. The minimum atomic E-state index is -3.42. The van der Waals surface area contributed by atoms with Crippen LogP contribution in [-0.2, 0) is 9.84 Å². The fraction of sp³-hybridized carbons (Fsp3) is 0.100. The van der Waals surface area contributed by atoms with Gasteiger partial charge in [0.25, 0.3) is 0 Å². The summed E-state index contributed by atoms with van der Waals surface area (Å²) in [6.45, 7) is 0. The average molecular weight is 224 g/mol. The van der Waals surface area contributed by atoms with Gasteiger partial charge in [-0.25, -0.2) is 13.2 Å². The monoisotopic (exact) mass is 224 g/mol. The van der Waals surface area contributed by atoms with Crippen molar-refractivity contribution in [3.8, 4) is 12.3 Å². The van der Waals surface area contributed by atoms with Crippen LogP contribution in [-0.4, -0.2) is 25.7 Å². The second-order valence-corrected chi connectivity index (χ2v) is 4.92. The van der Waals surface area contributed by atoms with Crippen molar-refractivity contribution in [2.24, 2.45) is 0 Å². The zero-order valence-corrected chi connectivity index (χ0v) is 8.71. The maximum absolute atomic E-state index is 11.3. The number of rotatable bonds is 2. The number of benzene rings is 1. The van der Waals surface area contributed by atoms with Gasteiger partial charge in [0, 0.05) is 11.8 Å². The summed E-state index contributed by atoms with van der Waals surface area (Å²) in [4.78, 5) is 10.6. The van der Waals surface area contributed by atoms with E-state index in [1.807, 2.05) is 0 Å². The first-order chi connectivity index (χ1) is 6.86. The smallest absolute Gasteiger partial charge is 0.335 e. The number of hydrogen-bond acceptors (Lipinski definition) is 3. The topological polar surface area (TPSA) is 71.4 Å². The number of aromatic carboxylic acids is 1. The van der Waals surface area contributed by atoms with Gasteiger partial charge in [-0.1, -0.05) is 5.92 Å². The molecule has 4 nitrogen and oxygen atoms in total. The molecule has 5 heteroatoms. The van der Waals surface area contributed by atoms with E-state index in [0.29, 0.717) is 0 Å². The van der Waals surface area contributed by atoms with Gasteiger partial charge in [0.05, 0.1) is 10.5 Å². The first-order valence-corrected chi connectivity index (χ1v) is 5.79. The first-order valence-electron chi connectivity index (χ1n) is 3.90. The molecule has 0 saturated carbocycles. The summed E-state index contributed by atoms with van der Waals surface area (Å²) in [5.74, 6) is 1.01. The van der Waals surface area contributed by atoms with E-state index in [2.05, 4.69) is 5.92 Å². The molecule has 0 saturated heterocycles. The molecule has 1 aromatic carbocycles. The third-order valence-electron chi connectivity index (χ3n) is 1.78. The van der Waals surface area contributed by atoms with Gasteiger partial charge in [-0.3, -0.25) is 0 Å². The minimum Gasteiger partial charge on any atom is -0.478 e. The first kappa shape index (κ1) is 11.3. The van der Waals surface area contributed by atoms with E-state index < -0.39 is 15.8 Å². The number of sulfone groups is 1. The third-order valence-corrected chi connectivity index (χ3v) is 2.94. The minimum absolute atomic E-state index is 0.0321. The molecule has 0 bridgehead atoms. The molecule has 0 heterocycles. The largest absolute Gasteiger partial charge is 0.478 e. The van der Waals surface area contributed by atoms with Crippen LogP contribution in [0.2, 0.25) is 0 Å². The quantitative estimate of drug-likeness (QED) is 0.753. The molecule has 1 aromatic rings. The summed E-state index contributed by atoms with van der Waals surface area (Å²) < 4.78 is 22.5. The molecule has 0 unspecified atom stereocenters. The van der Waals surface area contributed by atoms with Gasteiger partial charge in [-0.2, -0.15) is 0 Å². The van der Waals surface area contributed by atoms with Gasteiger partial charge in [-0.05, 0) is 18.2 Å². The predicted molar refractivity (Wildman–Crippen MR) is 54.4 cm³/mol. The fourth-order valence-electron chi connectivity index (χ4n) is 1.10. The summed E-state index contributed by atoms with van der Waals surface area (Å²) in [5.41, 5.74) is 0.0350. The van der Waals surface area contributed by atoms with Gasteiger partial charge >= 0.3 is 5.97 Å². The second-order valence-electron chi connectivity index (χ2n) is 2.93. The van der Waals surface area contributed by atoms with Gasteiger partial charge in [0.1, 0.15) is 0 Å². The Bertz CT molecular complexity index is 549. The number of carbonyl (C=O) groups is 1. The van der Waals surface area contributed by atoms with E-state index in [9.17, 15) is 13.2 Å². The summed E-state index contributed by atoms with van der Waals surface area (Å²) in [6.07, 6.45) is 6.13. The van der Waals surface area contributed by atoms with Crippen molar-refractivity contribution in [3.05, 3.63) is 29.3 Å². The van der Waals surface area contributed by atoms with Gasteiger partial charge in [0.15, 0.2) is 9.84 Å². The SMILES string of the molecule is C#Cc1cc(C(=O)O)ccc1S(C)(=O)=O. The van der Waals surface area contributed by atoms with Crippen LogP contribution < -0.4 is 0 Å².